The zero-order valence-electron chi connectivity index (χ0n) is 13.1. The van der Waals surface area contributed by atoms with Crippen LogP contribution in [-0.2, 0) is 6.54 Å². The zero-order valence-corrected chi connectivity index (χ0v) is 13.1. The maximum atomic E-state index is 12.3. The average molecular weight is 314 g/mol. The molecule has 6 nitrogen and oxygen atoms in total. The van der Waals surface area contributed by atoms with Crippen LogP contribution < -0.4 is 5.32 Å². The second-order valence-corrected chi connectivity index (χ2v) is 5.96. The summed E-state index contributed by atoms with van der Waals surface area (Å²) in [6, 6.07) is 3.92. The van der Waals surface area contributed by atoms with E-state index in [9.17, 15) is 4.79 Å². The molecule has 1 saturated carbocycles. The van der Waals surface area contributed by atoms with E-state index in [0.29, 0.717) is 18.2 Å². The Bertz CT molecular complexity index is 645. The van der Waals surface area contributed by atoms with E-state index in [4.69, 9.17) is 5.11 Å². The molecule has 122 valence electrons. The number of carbonyl (C=O) groups is 1. The molecule has 0 radical (unpaired) electrons. The van der Waals surface area contributed by atoms with E-state index in [2.05, 4.69) is 15.4 Å². The van der Waals surface area contributed by atoms with Crippen LogP contribution >= 0.6 is 0 Å². The lowest BCUT2D eigenvalue weighted by Gasteiger charge is -2.22. The molecule has 23 heavy (non-hydrogen) atoms. The lowest BCUT2D eigenvalue weighted by atomic mass is 9.95. The number of nitrogens with zero attached hydrogens (tertiary/aromatic N) is 3. The van der Waals surface area contributed by atoms with E-state index >= 15 is 0 Å². The van der Waals surface area contributed by atoms with Crippen LogP contribution in [0.15, 0.2) is 30.7 Å². The number of aromatic nitrogens is 3. The highest BCUT2D eigenvalue weighted by Gasteiger charge is 2.17. The van der Waals surface area contributed by atoms with Crippen LogP contribution in [0.5, 0.6) is 0 Å². The summed E-state index contributed by atoms with van der Waals surface area (Å²) in [4.78, 5) is 16.6. The molecular weight excluding hydrogens is 292 g/mol. The first-order valence-corrected chi connectivity index (χ1v) is 8.17. The van der Waals surface area contributed by atoms with Crippen molar-refractivity contribution in [3.8, 4) is 11.3 Å². The maximum Gasteiger partial charge on any atom is 0.253 e. The monoisotopic (exact) mass is 314 g/mol. The highest BCUT2D eigenvalue weighted by Crippen LogP contribution is 2.19. The topological polar surface area (TPSA) is 80.0 Å². The van der Waals surface area contributed by atoms with Gasteiger partial charge in [-0.3, -0.25) is 14.5 Å². The lowest BCUT2D eigenvalue weighted by molar-refractivity contribution is 0.0927. The Hall–Kier alpha value is -2.21. The summed E-state index contributed by atoms with van der Waals surface area (Å²) in [6.07, 6.45) is 11.0. The number of hydrogen-bond acceptors (Lipinski definition) is 4. The summed E-state index contributed by atoms with van der Waals surface area (Å²) in [7, 11) is 0. The van der Waals surface area contributed by atoms with Crippen molar-refractivity contribution < 1.29 is 9.90 Å². The van der Waals surface area contributed by atoms with Crippen LogP contribution in [0.3, 0.4) is 0 Å². The number of pyridine rings is 1. The maximum absolute atomic E-state index is 12.3. The zero-order chi connectivity index (χ0) is 16.1. The van der Waals surface area contributed by atoms with Crippen molar-refractivity contribution in [1.82, 2.24) is 20.1 Å². The number of rotatable bonds is 5. The van der Waals surface area contributed by atoms with Gasteiger partial charge in [0.15, 0.2) is 0 Å². The minimum absolute atomic E-state index is 0.0491. The Kier molecular flexibility index (Phi) is 5.02. The highest BCUT2D eigenvalue weighted by atomic mass is 16.3. The van der Waals surface area contributed by atoms with Crippen molar-refractivity contribution in [2.45, 2.75) is 44.7 Å². The van der Waals surface area contributed by atoms with E-state index in [-0.39, 0.29) is 12.5 Å². The summed E-state index contributed by atoms with van der Waals surface area (Å²) < 4.78 is 1.67. The quantitative estimate of drug-likeness (QED) is 0.884. The Morgan fingerprint density at radius 2 is 2.09 bits per heavy atom. The van der Waals surface area contributed by atoms with Gasteiger partial charge >= 0.3 is 0 Å². The van der Waals surface area contributed by atoms with Gasteiger partial charge in [-0.25, -0.2) is 0 Å². The molecule has 2 heterocycles. The Labute approximate surface area is 135 Å². The van der Waals surface area contributed by atoms with E-state index < -0.39 is 0 Å². The number of nitrogens with one attached hydrogen (secondary N) is 1. The summed E-state index contributed by atoms with van der Waals surface area (Å²) >= 11 is 0. The first kappa shape index (κ1) is 15.7. The number of aliphatic hydroxyl groups is 1. The fourth-order valence-corrected chi connectivity index (χ4v) is 2.94. The molecule has 0 saturated heterocycles. The van der Waals surface area contributed by atoms with Crippen LogP contribution in [0.2, 0.25) is 0 Å². The fourth-order valence-electron chi connectivity index (χ4n) is 2.94. The average Bonchev–Trinajstić information content (AvgIpc) is 3.05. The van der Waals surface area contributed by atoms with Crippen molar-refractivity contribution in [2.24, 2.45) is 0 Å². The smallest absolute Gasteiger partial charge is 0.253 e. The molecule has 0 unspecified atom stereocenters. The number of hydrogen-bond donors (Lipinski definition) is 2. The summed E-state index contributed by atoms with van der Waals surface area (Å²) in [5.74, 6) is -0.0491. The predicted molar refractivity (Wildman–Crippen MR) is 86.9 cm³/mol. The van der Waals surface area contributed by atoms with E-state index in [1.807, 2.05) is 12.3 Å². The molecule has 2 aromatic rings. The molecule has 6 heteroatoms. The largest absolute Gasteiger partial charge is 0.394 e. The van der Waals surface area contributed by atoms with Crippen LogP contribution in [0.25, 0.3) is 11.3 Å². The third kappa shape index (κ3) is 3.96. The molecule has 0 spiro atoms. The van der Waals surface area contributed by atoms with E-state index in [1.165, 1.54) is 19.3 Å². The molecule has 1 fully saturated rings. The van der Waals surface area contributed by atoms with Gasteiger partial charge in [0.05, 0.1) is 30.6 Å². The number of amides is 1. The molecule has 1 aliphatic rings. The minimum atomic E-state index is -0.0491. The second kappa shape index (κ2) is 7.37. The molecule has 1 amide bonds. The first-order valence-electron chi connectivity index (χ1n) is 8.17. The molecule has 2 aromatic heterocycles. The van der Waals surface area contributed by atoms with Gasteiger partial charge in [0.2, 0.25) is 0 Å². The Balaban J connectivity index is 1.64. The SMILES string of the molecule is O=C(NC1CCCCC1)c1ccc(-c2cnn(CCO)c2)nc1. The van der Waals surface area contributed by atoms with Crippen LogP contribution in [0.4, 0.5) is 0 Å². The van der Waals surface area contributed by atoms with E-state index in [1.54, 1.807) is 23.1 Å². The molecule has 0 aliphatic heterocycles. The normalized spacial score (nSPS) is 15.5. The van der Waals surface area contributed by atoms with Gasteiger partial charge in [0.1, 0.15) is 0 Å². The Morgan fingerprint density at radius 1 is 1.26 bits per heavy atom. The van der Waals surface area contributed by atoms with E-state index in [0.717, 1.165) is 24.1 Å². The molecule has 3 rings (SSSR count). The molecule has 1 aliphatic carbocycles. The van der Waals surface area contributed by atoms with Crippen molar-refractivity contribution in [1.29, 1.82) is 0 Å². The molecule has 2 N–H and O–H groups in total. The van der Waals surface area contributed by atoms with Gasteiger partial charge in [-0.15, -0.1) is 0 Å². The highest BCUT2D eigenvalue weighted by molar-refractivity contribution is 5.94. The van der Waals surface area contributed by atoms with Gasteiger partial charge in [-0.05, 0) is 25.0 Å². The third-order valence-corrected chi connectivity index (χ3v) is 4.22. The van der Waals surface area contributed by atoms with Gasteiger partial charge in [0.25, 0.3) is 5.91 Å². The summed E-state index contributed by atoms with van der Waals surface area (Å²) in [6.45, 7) is 0.511. The van der Waals surface area contributed by atoms with Gasteiger partial charge in [0, 0.05) is 24.0 Å². The Morgan fingerprint density at radius 3 is 2.78 bits per heavy atom. The molecule has 0 bridgehead atoms. The van der Waals surface area contributed by atoms with Crippen LogP contribution in [0, 0.1) is 0 Å². The van der Waals surface area contributed by atoms with Crippen molar-refractivity contribution in [3.63, 3.8) is 0 Å². The van der Waals surface area contributed by atoms with Crippen LogP contribution in [0.1, 0.15) is 42.5 Å². The number of aliphatic hydroxyl groups excluding tert-OH is 1. The summed E-state index contributed by atoms with van der Waals surface area (Å²) in [5, 5.41) is 16.2. The second-order valence-electron chi connectivity index (χ2n) is 5.96. The van der Waals surface area contributed by atoms with Crippen molar-refractivity contribution in [2.75, 3.05) is 6.61 Å². The molecule has 0 aromatic carbocycles. The van der Waals surface area contributed by atoms with Crippen LogP contribution in [-0.4, -0.2) is 38.4 Å². The van der Waals surface area contributed by atoms with Crippen molar-refractivity contribution in [3.05, 3.63) is 36.3 Å². The van der Waals surface area contributed by atoms with Gasteiger partial charge in [-0.1, -0.05) is 19.3 Å². The van der Waals surface area contributed by atoms with Gasteiger partial charge < -0.3 is 10.4 Å². The minimum Gasteiger partial charge on any atom is -0.394 e. The lowest BCUT2D eigenvalue weighted by Crippen LogP contribution is -2.36. The molecular formula is C17H22N4O2. The fraction of sp³-hybridized carbons (Fsp3) is 0.471. The van der Waals surface area contributed by atoms with Gasteiger partial charge in [-0.2, -0.15) is 5.10 Å². The summed E-state index contributed by atoms with van der Waals surface area (Å²) in [5.41, 5.74) is 2.23. The number of carbonyl (C=O) groups excluding carboxylic acids is 1. The standard InChI is InChI=1S/C17H22N4O2/c22-9-8-21-12-14(11-19-21)16-7-6-13(10-18-16)17(23)20-15-4-2-1-3-5-15/h6-7,10-12,15,22H,1-5,8-9H2,(H,20,23). The van der Waals surface area contributed by atoms with Crippen molar-refractivity contribution >= 4 is 5.91 Å². The molecule has 0 atom stereocenters. The first-order chi connectivity index (χ1) is 11.3. The predicted octanol–water partition coefficient (Wildman–Crippen LogP) is 2.00. The third-order valence-electron chi connectivity index (χ3n) is 4.22.